The van der Waals surface area contributed by atoms with Gasteiger partial charge in [0.25, 0.3) is 0 Å². The lowest BCUT2D eigenvalue weighted by Crippen LogP contribution is -2.35. The van der Waals surface area contributed by atoms with Gasteiger partial charge in [0.15, 0.2) is 15.1 Å². The molecule has 0 spiro atoms. The summed E-state index contributed by atoms with van der Waals surface area (Å²) in [7, 11) is -2.49. The molecular formula is C13H17NO5S. The van der Waals surface area contributed by atoms with Crippen LogP contribution in [0.3, 0.4) is 0 Å². The van der Waals surface area contributed by atoms with Crippen LogP contribution in [0.15, 0.2) is 30.3 Å². The van der Waals surface area contributed by atoms with Gasteiger partial charge in [0, 0.05) is 13.5 Å². The van der Waals surface area contributed by atoms with Crippen molar-refractivity contribution in [1.82, 2.24) is 5.32 Å². The molecule has 0 radical (unpaired) electrons. The average molecular weight is 299 g/mol. The quantitative estimate of drug-likeness (QED) is 0.751. The zero-order chi connectivity index (χ0) is 15.2. The van der Waals surface area contributed by atoms with Crippen molar-refractivity contribution in [3.63, 3.8) is 0 Å². The van der Waals surface area contributed by atoms with Crippen molar-refractivity contribution in [2.24, 2.45) is 0 Å². The van der Waals surface area contributed by atoms with E-state index in [-0.39, 0.29) is 12.8 Å². The van der Waals surface area contributed by atoms with Gasteiger partial charge in [-0.2, -0.15) is 0 Å². The predicted molar refractivity (Wildman–Crippen MR) is 74.0 cm³/mol. The Hall–Kier alpha value is -1.89. The summed E-state index contributed by atoms with van der Waals surface area (Å²) in [5, 5.41) is 9.88. The standard InChI is InChI=1S/C13H17NO5S/c1-14-12(15)7-8-20(18,19)11(13(16)17)9-10-5-3-2-4-6-10/h2-6,11H,7-9H2,1H3,(H,14,15)(H,16,17). The van der Waals surface area contributed by atoms with E-state index in [9.17, 15) is 18.0 Å². The Labute approximate surface area is 117 Å². The molecule has 1 rings (SSSR count). The summed E-state index contributed by atoms with van der Waals surface area (Å²) in [6.07, 6.45) is -0.344. The number of carbonyl (C=O) groups is 2. The number of benzene rings is 1. The highest BCUT2D eigenvalue weighted by Gasteiger charge is 2.32. The summed E-state index contributed by atoms with van der Waals surface area (Å²) in [5.74, 6) is -2.31. The molecule has 1 atom stereocenters. The number of nitrogens with one attached hydrogen (secondary N) is 1. The minimum atomic E-state index is -3.89. The molecule has 7 heteroatoms. The maximum atomic E-state index is 12.0. The number of carboxylic acid groups (broad SMARTS) is 1. The summed E-state index contributed by atoms with van der Waals surface area (Å²) in [5.41, 5.74) is 0.628. The van der Waals surface area contributed by atoms with E-state index < -0.39 is 32.7 Å². The molecule has 0 saturated heterocycles. The van der Waals surface area contributed by atoms with Crippen LogP contribution in [-0.2, 0) is 25.8 Å². The van der Waals surface area contributed by atoms with Crippen molar-refractivity contribution in [3.8, 4) is 0 Å². The van der Waals surface area contributed by atoms with Crippen LogP contribution < -0.4 is 5.32 Å². The number of sulfone groups is 1. The average Bonchev–Trinajstić information content (AvgIpc) is 2.43. The fraction of sp³-hybridized carbons (Fsp3) is 0.385. The van der Waals surface area contributed by atoms with Crippen LogP contribution >= 0.6 is 0 Å². The maximum absolute atomic E-state index is 12.0. The van der Waals surface area contributed by atoms with E-state index in [4.69, 9.17) is 5.11 Å². The lowest BCUT2D eigenvalue weighted by molar-refractivity contribution is -0.136. The van der Waals surface area contributed by atoms with Gasteiger partial charge in [0.1, 0.15) is 0 Å². The zero-order valence-electron chi connectivity index (χ0n) is 11.1. The molecule has 0 aliphatic heterocycles. The van der Waals surface area contributed by atoms with Crippen LogP contribution in [0.4, 0.5) is 0 Å². The molecule has 0 aliphatic carbocycles. The highest BCUT2D eigenvalue weighted by Crippen LogP contribution is 2.12. The molecule has 110 valence electrons. The second-order valence-electron chi connectivity index (χ2n) is 4.31. The normalized spacial score (nSPS) is 12.7. The van der Waals surface area contributed by atoms with Crippen LogP contribution in [0.25, 0.3) is 0 Å². The number of carboxylic acids is 1. The van der Waals surface area contributed by atoms with Crippen molar-refractivity contribution >= 4 is 21.7 Å². The molecule has 0 bridgehead atoms. The molecule has 6 nitrogen and oxygen atoms in total. The molecule has 2 N–H and O–H groups in total. The SMILES string of the molecule is CNC(=O)CCS(=O)(=O)C(Cc1ccccc1)C(=O)O. The Morgan fingerprint density at radius 1 is 1.25 bits per heavy atom. The molecule has 0 saturated carbocycles. The van der Waals surface area contributed by atoms with Crippen LogP contribution in [0.1, 0.15) is 12.0 Å². The molecular weight excluding hydrogens is 282 g/mol. The third kappa shape index (κ3) is 4.65. The molecule has 1 amide bonds. The second-order valence-corrected chi connectivity index (χ2v) is 6.61. The number of aliphatic carboxylic acids is 1. The summed E-state index contributed by atoms with van der Waals surface area (Å²) < 4.78 is 24.1. The van der Waals surface area contributed by atoms with E-state index in [1.807, 2.05) is 0 Å². The minimum absolute atomic E-state index is 0.105. The molecule has 20 heavy (non-hydrogen) atoms. The van der Waals surface area contributed by atoms with Crippen molar-refractivity contribution in [2.75, 3.05) is 12.8 Å². The molecule has 1 aromatic rings. The summed E-state index contributed by atoms with van der Waals surface area (Å²) in [4.78, 5) is 22.3. The Morgan fingerprint density at radius 3 is 2.35 bits per heavy atom. The highest BCUT2D eigenvalue weighted by atomic mass is 32.2. The van der Waals surface area contributed by atoms with Gasteiger partial charge < -0.3 is 10.4 Å². The number of carbonyl (C=O) groups excluding carboxylic acids is 1. The van der Waals surface area contributed by atoms with Crippen LogP contribution in [-0.4, -0.2) is 43.5 Å². The lowest BCUT2D eigenvalue weighted by atomic mass is 10.1. The van der Waals surface area contributed by atoms with Gasteiger partial charge in [-0.25, -0.2) is 8.42 Å². The Morgan fingerprint density at radius 2 is 1.85 bits per heavy atom. The van der Waals surface area contributed by atoms with Crippen LogP contribution in [0, 0.1) is 0 Å². The molecule has 1 aromatic carbocycles. The van der Waals surface area contributed by atoms with E-state index in [1.54, 1.807) is 30.3 Å². The van der Waals surface area contributed by atoms with Gasteiger partial charge in [-0.3, -0.25) is 9.59 Å². The topological polar surface area (TPSA) is 101 Å². The molecule has 1 unspecified atom stereocenters. The fourth-order valence-electron chi connectivity index (χ4n) is 1.70. The van der Waals surface area contributed by atoms with Gasteiger partial charge in [-0.1, -0.05) is 30.3 Å². The van der Waals surface area contributed by atoms with Gasteiger partial charge in [-0.15, -0.1) is 0 Å². The van der Waals surface area contributed by atoms with E-state index in [0.717, 1.165) is 0 Å². The van der Waals surface area contributed by atoms with Gasteiger partial charge in [0.2, 0.25) is 5.91 Å². The van der Waals surface area contributed by atoms with Gasteiger partial charge >= 0.3 is 5.97 Å². The Bertz CT molecular complexity index is 568. The summed E-state index contributed by atoms with van der Waals surface area (Å²) in [6, 6.07) is 8.53. The van der Waals surface area contributed by atoms with E-state index in [0.29, 0.717) is 5.56 Å². The number of hydrogen-bond donors (Lipinski definition) is 2. The monoisotopic (exact) mass is 299 g/mol. The van der Waals surface area contributed by atoms with E-state index >= 15 is 0 Å². The number of amides is 1. The van der Waals surface area contributed by atoms with Gasteiger partial charge in [-0.05, 0) is 12.0 Å². The lowest BCUT2D eigenvalue weighted by Gasteiger charge is -2.13. The number of rotatable bonds is 7. The molecule has 0 heterocycles. The first-order valence-corrected chi connectivity index (χ1v) is 7.77. The molecule has 0 aromatic heterocycles. The first kappa shape index (κ1) is 16.2. The first-order chi connectivity index (χ1) is 9.36. The Balaban J connectivity index is 2.85. The molecule has 0 aliphatic rings. The van der Waals surface area contributed by atoms with Gasteiger partial charge in [0.05, 0.1) is 5.75 Å². The van der Waals surface area contributed by atoms with E-state index in [1.165, 1.54) is 7.05 Å². The van der Waals surface area contributed by atoms with Crippen molar-refractivity contribution in [3.05, 3.63) is 35.9 Å². The van der Waals surface area contributed by atoms with Crippen molar-refractivity contribution < 1.29 is 23.1 Å². The third-order valence-corrected chi connectivity index (χ3v) is 4.87. The molecule has 0 fully saturated rings. The maximum Gasteiger partial charge on any atom is 0.322 e. The third-order valence-electron chi connectivity index (χ3n) is 2.87. The predicted octanol–water partition coefficient (Wildman–Crippen LogP) is 0.233. The van der Waals surface area contributed by atoms with E-state index in [2.05, 4.69) is 5.32 Å². The second kappa shape index (κ2) is 7.04. The largest absolute Gasteiger partial charge is 0.480 e. The van der Waals surface area contributed by atoms with Crippen LogP contribution in [0.5, 0.6) is 0 Å². The smallest absolute Gasteiger partial charge is 0.322 e. The highest BCUT2D eigenvalue weighted by molar-refractivity contribution is 7.92. The fourth-order valence-corrected chi connectivity index (χ4v) is 3.21. The van der Waals surface area contributed by atoms with Crippen molar-refractivity contribution in [1.29, 1.82) is 0 Å². The minimum Gasteiger partial charge on any atom is -0.480 e. The summed E-state index contributed by atoms with van der Waals surface area (Å²) >= 11 is 0. The number of hydrogen-bond acceptors (Lipinski definition) is 4. The summed E-state index contributed by atoms with van der Waals surface area (Å²) in [6.45, 7) is 0. The zero-order valence-corrected chi connectivity index (χ0v) is 11.9. The first-order valence-electron chi connectivity index (χ1n) is 6.05. The van der Waals surface area contributed by atoms with Crippen molar-refractivity contribution in [2.45, 2.75) is 18.1 Å². The Kier molecular flexibility index (Phi) is 5.69. The van der Waals surface area contributed by atoms with Crippen LogP contribution in [0.2, 0.25) is 0 Å².